The van der Waals surface area contributed by atoms with Crippen LogP contribution in [0.5, 0.6) is 0 Å². The van der Waals surface area contributed by atoms with Crippen LogP contribution in [0.25, 0.3) is 0 Å². The topological polar surface area (TPSA) is 45.0 Å². The molecule has 0 radical (unpaired) electrons. The predicted molar refractivity (Wildman–Crippen MR) is 63.8 cm³/mol. The van der Waals surface area contributed by atoms with Gasteiger partial charge in [-0.05, 0) is 41.1 Å². The summed E-state index contributed by atoms with van der Waals surface area (Å²) in [5.74, 6) is 0. The normalized spacial score (nSPS) is 11.9. The van der Waals surface area contributed by atoms with Crippen LogP contribution in [0, 0.1) is 11.3 Å². The second-order valence-corrected chi connectivity index (χ2v) is 4.16. The third-order valence-corrected chi connectivity index (χ3v) is 2.58. The lowest BCUT2D eigenvalue weighted by atomic mass is 10.2. The van der Waals surface area contributed by atoms with Crippen LogP contribution >= 0.6 is 15.9 Å². The second kappa shape index (κ2) is 5.74. The van der Waals surface area contributed by atoms with Gasteiger partial charge in [-0.3, -0.25) is 0 Å². The van der Waals surface area contributed by atoms with Crippen LogP contribution in [0.1, 0.15) is 12.5 Å². The van der Waals surface area contributed by atoms with E-state index in [0.717, 1.165) is 10.2 Å². The van der Waals surface area contributed by atoms with E-state index in [1.54, 1.807) is 13.2 Å². The molecule has 0 aliphatic heterocycles. The van der Waals surface area contributed by atoms with Gasteiger partial charge in [-0.2, -0.15) is 5.26 Å². The second-order valence-electron chi connectivity index (χ2n) is 3.31. The maximum Gasteiger partial charge on any atom is 0.100 e. The molecule has 0 fully saturated rings. The van der Waals surface area contributed by atoms with Crippen LogP contribution in [0.4, 0.5) is 5.69 Å². The van der Waals surface area contributed by atoms with Crippen molar-refractivity contribution in [1.82, 2.24) is 0 Å². The Labute approximate surface area is 98.2 Å². The largest absolute Gasteiger partial charge is 0.383 e. The molecule has 0 spiro atoms. The minimum Gasteiger partial charge on any atom is -0.383 e. The summed E-state index contributed by atoms with van der Waals surface area (Å²) in [7, 11) is 1.67. The standard InChI is InChI=1S/C11H13BrN2O/c1-8(7-15-2)14-10-4-3-9(6-13)11(12)5-10/h3-5,8,14H,7H2,1-2H3. The molecular weight excluding hydrogens is 256 g/mol. The number of halogens is 1. The zero-order valence-electron chi connectivity index (χ0n) is 8.75. The van der Waals surface area contributed by atoms with Gasteiger partial charge in [0.15, 0.2) is 0 Å². The zero-order valence-corrected chi connectivity index (χ0v) is 10.3. The lowest BCUT2D eigenvalue weighted by molar-refractivity contribution is 0.190. The molecule has 0 amide bonds. The SMILES string of the molecule is COCC(C)Nc1ccc(C#N)c(Br)c1. The fourth-order valence-electron chi connectivity index (χ4n) is 1.27. The Morgan fingerprint density at radius 3 is 2.87 bits per heavy atom. The Bertz CT molecular complexity index is 373. The average Bonchev–Trinajstić information content (AvgIpc) is 2.18. The van der Waals surface area contributed by atoms with Gasteiger partial charge in [0.05, 0.1) is 12.2 Å². The molecule has 1 aromatic rings. The molecule has 0 aliphatic carbocycles. The van der Waals surface area contributed by atoms with Gasteiger partial charge in [0, 0.05) is 23.3 Å². The van der Waals surface area contributed by atoms with Crippen molar-refractivity contribution in [3.63, 3.8) is 0 Å². The fourth-order valence-corrected chi connectivity index (χ4v) is 1.74. The first-order valence-electron chi connectivity index (χ1n) is 4.62. The number of rotatable bonds is 4. The van der Waals surface area contributed by atoms with E-state index in [-0.39, 0.29) is 6.04 Å². The predicted octanol–water partition coefficient (Wildman–Crippen LogP) is 2.77. The molecule has 15 heavy (non-hydrogen) atoms. The van der Waals surface area contributed by atoms with Crippen LogP contribution in [0.2, 0.25) is 0 Å². The van der Waals surface area contributed by atoms with Crippen molar-refractivity contribution >= 4 is 21.6 Å². The van der Waals surface area contributed by atoms with Crippen molar-refractivity contribution < 1.29 is 4.74 Å². The molecule has 1 N–H and O–H groups in total. The molecular formula is C11H13BrN2O. The van der Waals surface area contributed by atoms with Crippen LogP contribution in [-0.2, 0) is 4.74 Å². The summed E-state index contributed by atoms with van der Waals surface area (Å²) in [5, 5.41) is 12.0. The number of hydrogen-bond donors (Lipinski definition) is 1. The number of methoxy groups -OCH3 is 1. The summed E-state index contributed by atoms with van der Waals surface area (Å²) in [6.45, 7) is 2.69. The lowest BCUT2D eigenvalue weighted by Gasteiger charge is -2.14. The summed E-state index contributed by atoms with van der Waals surface area (Å²) >= 11 is 3.34. The number of hydrogen-bond acceptors (Lipinski definition) is 3. The fraction of sp³-hybridized carbons (Fsp3) is 0.364. The molecule has 0 aliphatic rings. The van der Waals surface area contributed by atoms with Gasteiger partial charge in [-0.1, -0.05) is 0 Å². The number of ether oxygens (including phenoxy) is 1. The van der Waals surface area contributed by atoms with E-state index < -0.39 is 0 Å². The van der Waals surface area contributed by atoms with Gasteiger partial charge in [0.2, 0.25) is 0 Å². The Morgan fingerprint density at radius 2 is 2.33 bits per heavy atom. The highest BCUT2D eigenvalue weighted by molar-refractivity contribution is 9.10. The maximum absolute atomic E-state index is 8.76. The van der Waals surface area contributed by atoms with Crippen LogP contribution in [0.15, 0.2) is 22.7 Å². The van der Waals surface area contributed by atoms with Crippen molar-refractivity contribution in [2.75, 3.05) is 19.0 Å². The van der Waals surface area contributed by atoms with Crippen molar-refractivity contribution in [2.45, 2.75) is 13.0 Å². The van der Waals surface area contributed by atoms with E-state index in [1.165, 1.54) is 0 Å². The number of nitriles is 1. The first kappa shape index (κ1) is 12.0. The highest BCUT2D eigenvalue weighted by Gasteiger charge is 2.03. The molecule has 1 atom stereocenters. The van der Waals surface area contributed by atoms with E-state index in [0.29, 0.717) is 12.2 Å². The van der Waals surface area contributed by atoms with Crippen LogP contribution in [-0.4, -0.2) is 19.8 Å². The number of nitrogens with zero attached hydrogens (tertiary/aromatic N) is 1. The monoisotopic (exact) mass is 268 g/mol. The van der Waals surface area contributed by atoms with Gasteiger partial charge in [-0.25, -0.2) is 0 Å². The maximum atomic E-state index is 8.76. The quantitative estimate of drug-likeness (QED) is 0.914. The summed E-state index contributed by atoms with van der Waals surface area (Å²) < 4.78 is 5.83. The number of nitrogens with one attached hydrogen (secondary N) is 1. The minimum absolute atomic E-state index is 0.245. The highest BCUT2D eigenvalue weighted by atomic mass is 79.9. The van der Waals surface area contributed by atoms with E-state index in [9.17, 15) is 0 Å². The molecule has 0 saturated carbocycles. The number of benzene rings is 1. The van der Waals surface area contributed by atoms with Gasteiger partial charge in [0.1, 0.15) is 6.07 Å². The first-order chi connectivity index (χ1) is 7.17. The molecule has 4 heteroatoms. The third kappa shape index (κ3) is 3.54. The molecule has 0 heterocycles. The van der Waals surface area contributed by atoms with Crippen LogP contribution in [0.3, 0.4) is 0 Å². The summed E-state index contributed by atoms with van der Waals surface area (Å²) in [6, 6.07) is 7.91. The van der Waals surface area contributed by atoms with Crippen molar-refractivity contribution in [1.29, 1.82) is 5.26 Å². The third-order valence-electron chi connectivity index (χ3n) is 1.92. The van der Waals surface area contributed by atoms with Gasteiger partial charge in [0.25, 0.3) is 0 Å². The Morgan fingerprint density at radius 1 is 1.60 bits per heavy atom. The first-order valence-corrected chi connectivity index (χ1v) is 5.41. The smallest absolute Gasteiger partial charge is 0.100 e. The Hall–Kier alpha value is -1.05. The summed E-state index contributed by atoms with van der Waals surface area (Å²) in [4.78, 5) is 0. The molecule has 80 valence electrons. The molecule has 3 nitrogen and oxygen atoms in total. The molecule has 0 aromatic heterocycles. The molecule has 1 aromatic carbocycles. The van der Waals surface area contributed by atoms with Gasteiger partial charge >= 0.3 is 0 Å². The summed E-state index contributed by atoms with van der Waals surface area (Å²) in [6.07, 6.45) is 0. The highest BCUT2D eigenvalue weighted by Crippen LogP contribution is 2.21. The van der Waals surface area contributed by atoms with E-state index in [2.05, 4.69) is 27.3 Å². The van der Waals surface area contributed by atoms with E-state index in [1.807, 2.05) is 19.1 Å². The van der Waals surface area contributed by atoms with E-state index >= 15 is 0 Å². The van der Waals surface area contributed by atoms with E-state index in [4.69, 9.17) is 10.00 Å². The lowest BCUT2D eigenvalue weighted by Crippen LogP contribution is -2.20. The van der Waals surface area contributed by atoms with Crippen LogP contribution < -0.4 is 5.32 Å². The number of anilines is 1. The molecule has 1 rings (SSSR count). The van der Waals surface area contributed by atoms with Gasteiger partial charge < -0.3 is 10.1 Å². The van der Waals surface area contributed by atoms with Crippen molar-refractivity contribution in [2.24, 2.45) is 0 Å². The van der Waals surface area contributed by atoms with Crippen molar-refractivity contribution in [3.8, 4) is 6.07 Å². The molecule has 0 saturated heterocycles. The zero-order chi connectivity index (χ0) is 11.3. The Balaban J connectivity index is 2.72. The summed E-state index contributed by atoms with van der Waals surface area (Å²) in [5.41, 5.74) is 1.62. The minimum atomic E-state index is 0.245. The Kier molecular flexibility index (Phi) is 4.60. The molecule has 0 bridgehead atoms. The van der Waals surface area contributed by atoms with Crippen molar-refractivity contribution in [3.05, 3.63) is 28.2 Å². The molecule has 1 unspecified atom stereocenters. The van der Waals surface area contributed by atoms with Gasteiger partial charge in [-0.15, -0.1) is 0 Å². The average molecular weight is 269 g/mol.